The van der Waals surface area contributed by atoms with E-state index in [4.69, 9.17) is 9.47 Å². The number of hydrogen-bond donors (Lipinski definition) is 1. The third kappa shape index (κ3) is 6.18. The number of carbonyl (C=O) groups is 2. The zero-order valence-corrected chi connectivity index (χ0v) is 22.3. The first kappa shape index (κ1) is 26.8. The lowest BCUT2D eigenvalue weighted by Gasteiger charge is -2.23. The summed E-state index contributed by atoms with van der Waals surface area (Å²) in [6, 6.07) is 21.6. The fraction of sp³-hybridized carbons (Fsp3) is 0.148. The van der Waals surface area contributed by atoms with E-state index in [1.165, 1.54) is 39.9 Å². The molecule has 4 rings (SSSR count). The molecule has 0 aliphatic heterocycles. The zero-order chi connectivity index (χ0) is 27.1. The van der Waals surface area contributed by atoms with Crippen LogP contribution in [0.1, 0.15) is 17.3 Å². The molecule has 0 spiro atoms. The summed E-state index contributed by atoms with van der Waals surface area (Å²) >= 11 is 1.23. The number of methoxy groups -OCH3 is 1. The van der Waals surface area contributed by atoms with Crippen LogP contribution in [-0.4, -0.2) is 45.5 Å². The molecule has 0 unspecified atom stereocenters. The Morgan fingerprint density at radius 1 is 1.00 bits per heavy atom. The molecule has 0 radical (unpaired) electrons. The lowest BCUT2D eigenvalue weighted by Crippen LogP contribution is -2.30. The number of anilines is 2. The SMILES string of the molecule is CCN(c1ccccc1)S(=O)(=O)c1cccc(C(=O)OCC(=O)Nc2nc(-c3ccc(OC)cc3)cs2)c1. The first-order chi connectivity index (χ1) is 18.3. The second-order valence-corrected chi connectivity index (χ2v) is 10.6. The molecule has 3 aromatic carbocycles. The van der Waals surface area contributed by atoms with Gasteiger partial charge in [0.05, 0.1) is 29.0 Å². The molecule has 0 aliphatic rings. The second kappa shape index (κ2) is 11.9. The number of rotatable bonds is 10. The predicted octanol–water partition coefficient (Wildman–Crippen LogP) is 4.83. The van der Waals surface area contributed by atoms with Gasteiger partial charge in [0.1, 0.15) is 5.75 Å². The Hall–Kier alpha value is -4.22. The van der Waals surface area contributed by atoms with E-state index in [1.54, 1.807) is 49.7 Å². The van der Waals surface area contributed by atoms with Crippen LogP contribution in [-0.2, 0) is 19.6 Å². The molecule has 0 fully saturated rings. The number of carbonyl (C=O) groups excluding carboxylic acids is 2. The van der Waals surface area contributed by atoms with Crippen molar-refractivity contribution in [2.24, 2.45) is 0 Å². The van der Waals surface area contributed by atoms with Gasteiger partial charge in [-0.05, 0) is 61.5 Å². The Morgan fingerprint density at radius 3 is 2.42 bits per heavy atom. The molecule has 0 bridgehead atoms. The molecule has 0 saturated carbocycles. The van der Waals surface area contributed by atoms with E-state index < -0.39 is 28.5 Å². The van der Waals surface area contributed by atoms with Gasteiger partial charge in [-0.25, -0.2) is 18.2 Å². The van der Waals surface area contributed by atoms with Gasteiger partial charge in [0.25, 0.3) is 15.9 Å². The highest BCUT2D eigenvalue weighted by Gasteiger charge is 2.25. The second-order valence-electron chi connectivity index (χ2n) is 7.92. The van der Waals surface area contributed by atoms with Crippen LogP contribution in [0.4, 0.5) is 10.8 Å². The number of amides is 1. The summed E-state index contributed by atoms with van der Waals surface area (Å²) in [6.07, 6.45) is 0. The number of nitrogens with one attached hydrogen (secondary N) is 1. The first-order valence-corrected chi connectivity index (χ1v) is 13.9. The molecule has 0 saturated heterocycles. The van der Waals surface area contributed by atoms with Gasteiger partial charge in [0.15, 0.2) is 11.7 Å². The van der Waals surface area contributed by atoms with Gasteiger partial charge in [-0.15, -0.1) is 11.3 Å². The molecule has 1 N–H and O–H groups in total. The monoisotopic (exact) mass is 551 g/mol. The number of aromatic nitrogens is 1. The average Bonchev–Trinajstić information content (AvgIpc) is 3.41. The van der Waals surface area contributed by atoms with Crippen LogP contribution in [0.15, 0.2) is 89.1 Å². The summed E-state index contributed by atoms with van der Waals surface area (Å²) < 4.78 is 38.0. The Bertz CT molecular complexity index is 1520. The van der Waals surface area contributed by atoms with Crippen molar-refractivity contribution < 1.29 is 27.5 Å². The van der Waals surface area contributed by atoms with E-state index in [2.05, 4.69) is 10.3 Å². The molecule has 196 valence electrons. The standard InChI is InChI=1S/C27H25N3O6S2/c1-3-30(21-9-5-4-6-10-21)38(33,34)23-11-7-8-20(16-23)26(32)36-17-25(31)29-27-28-24(18-37-27)19-12-14-22(35-2)15-13-19/h4-16,18H,3,17H2,1-2H3,(H,28,29,31). The van der Waals surface area contributed by atoms with Crippen molar-refractivity contribution in [1.82, 2.24) is 4.98 Å². The van der Waals surface area contributed by atoms with Crippen molar-refractivity contribution in [3.63, 3.8) is 0 Å². The number of ether oxygens (including phenoxy) is 2. The van der Waals surface area contributed by atoms with Crippen molar-refractivity contribution in [3.8, 4) is 17.0 Å². The molecule has 1 heterocycles. The van der Waals surface area contributed by atoms with Crippen molar-refractivity contribution >= 4 is 44.1 Å². The summed E-state index contributed by atoms with van der Waals surface area (Å²) in [6.45, 7) is 1.38. The minimum absolute atomic E-state index is 0.0130. The quantitative estimate of drug-likeness (QED) is 0.281. The molecular formula is C27H25N3O6S2. The van der Waals surface area contributed by atoms with Gasteiger partial charge in [-0.2, -0.15) is 0 Å². The normalized spacial score (nSPS) is 11.0. The van der Waals surface area contributed by atoms with Crippen molar-refractivity contribution in [2.45, 2.75) is 11.8 Å². The Balaban J connectivity index is 1.38. The highest BCUT2D eigenvalue weighted by Crippen LogP contribution is 2.27. The van der Waals surface area contributed by atoms with Crippen molar-refractivity contribution in [3.05, 3.63) is 89.8 Å². The van der Waals surface area contributed by atoms with Crippen molar-refractivity contribution in [1.29, 1.82) is 0 Å². The van der Waals surface area contributed by atoms with Gasteiger partial charge in [0.2, 0.25) is 0 Å². The van der Waals surface area contributed by atoms with Crippen molar-refractivity contribution in [2.75, 3.05) is 29.9 Å². The average molecular weight is 552 g/mol. The van der Waals surface area contributed by atoms with Gasteiger partial charge >= 0.3 is 5.97 Å². The predicted molar refractivity (Wildman–Crippen MR) is 146 cm³/mol. The van der Waals surface area contributed by atoms with E-state index in [-0.39, 0.29) is 17.0 Å². The number of nitrogens with zero attached hydrogens (tertiary/aromatic N) is 2. The number of hydrogen-bond acceptors (Lipinski definition) is 8. The fourth-order valence-electron chi connectivity index (χ4n) is 3.59. The largest absolute Gasteiger partial charge is 0.497 e. The Kier molecular flexibility index (Phi) is 8.39. The first-order valence-electron chi connectivity index (χ1n) is 11.6. The molecular weight excluding hydrogens is 526 g/mol. The van der Waals surface area contributed by atoms with E-state index in [9.17, 15) is 18.0 Å². The van der Waals surface area contributed by atoms with Crippen LogP contribution in [0.2, 0.25) is 0 Å². The van der Waals surface area contributed by atoms with E-state index in [1.807, 2.05) is 24.3 Å². The Morgan fingerprint density at radius 2 is 1.74 bits per heavy atom. The topological polar surface area (TPSA) is 115 Å². The van der Waals surface area contributed by atoms with Gasteiger partial charge < -0.3 is 9.47 Å². The minimum atomic E-state index is -3.92. The minimum Gasteiger partial charge on any atom is -0.497 e. The summed E-state index contributed by atoms with van der Waals surface area (Å²) in [5, 5.41) is 4.75. The van der Waals surface area contributed by atoms with Gasteiger partial charge in [-0.1, -0.05) is 24.3 Å². The maximum atomic E-state index is 13.2. The van der Waals surface area contributed by atoms with Crippen LogP contribution in [0.25, 0.3) is 11.3 Å². The summed E-state index contributed by atoms with van der Waals surface area (Å²) in [5.41, 5.74) is 2.06. The van der Waals surface area contributed by atoms with E-state index in [0.717, 1.165) is 11.3 Å². The molecule has 1 amide bonds. The highest BCUT2D eigenvalue weighted by atomic mass is 32.2. The number of para-hydroxylation sites is 1. The maximum Gasteiger partial charge on any atom is 0.338 e. The molecule has 1 aromatic heterocycles. The fourth-order valence-corrected chi connectivity index (χ4v) is 5.85. The number of benzene rings is 3. The molecule has 11 heteroatoms. The molecule has 0 aliphatic carbocycles. The summed E-state index contributed by atoms with van der Waals surface area (Å²) in [4.78, 5) is 29.3. The Labute approximate surface area is 224 Å². The van der Waals surface area contributed by atoms with Crippen LogP contribution in [0, 0.1) is 0 Å². The van der Waals surface area contributed by atoms with Gasteiger partial charge in [-0.3, -0.25) is 14.4 Å². The number of esters is 1. The van der Waals surface area contributed by atoms with Crippen LogP contribution in [0.5, 0.6) is 5.75 Å². The lowest BCUT2D eigenvalue weighted by atomic mass is 10.2. The molecule has 4 aromatic rings. The van der Waals surface area contributed by atoms with E-state index in [0.29, 0.717) is 16.5 Å². The third-order valence-corrected chi connectivity index (χ3v) is 8.12. The smallest absolute Gasteiger partial charge is 0.338 e. The van der Waals surface area contributed by atoms with Crippen LogP contribution >= 0.6 is 11.3 Å². The summed E-state index contributed by atoms with van der Waals surface area (Å²) in [5.74, 6) is -0.668. The van der Waals surface area contributed by atoms with Crippen LogP contribution < -0.4 is 14.4 Å². The van der Waals surface area contributed by atoms with E-state index >= 15 is 0 Å². The third-order valence-electron chi connectivity index (χ3n) is 5.46. The van der Waals surface area contributed by atoms with Crippen LogP contribution in [0.3, 0.4) is 0 Å². The molecule has 9 nitrogen and oxygen atoms in total. The molecule has 0 atom stereocenters. The highest BCUT2D eigenvalue weighted by molar-refractivity contribution is 7.92. The number of thiazole rings is 1. The summed E-state index contributed by atoms with van der Waals surface area (Å²) in [7, 11) is -2.34. The molecule has 38 heavy (non-hydrogen) atoms. The number of sulfonamides is 1. The maximum absolute atomic E-state index is 13.2. The lowest BCUT2D eigenvalue weighted by molar-refractivity contribution is -0.119. The van der Waals surface area contributed by atoms with Gasteiger partial charge in [0, 0.05) is 17.5 Å². The zero-order valence-electron chi connectivity index (χ0n) is 20.7.